The molecule has 9 heteroatoms. The second-order valence-corrected chi connectivity index (χ2v) is 7.37. The van der Waals surface area contributed by atoms with Crippen molar-refractivity contribution >= 4 is 23.5 Å². The molecule has 0 saturated heterocycles. The summed E-state index contributed by atoms with van der Waals surface area (Å²) >= 11 is 0. The molecule has 8 nitrogen and oxygen atoms in total. The fraction of sp³-hybridized carbons (Fsp3) is 0.192. The Morgan fingerprint density at radius 2 is 1.60 bits per heavy atom. The highest BCUT2D eigenvalue weighted by Gasteiger charge is 2.15. The average molecular weight is 480 g/mol. The Labute approximate surface area is 202 Å². The number of ether oxygens (including phenoxy) is 3. The van der Waals surface area contributed by atoms with Crippen LogP contribution in [0.2, 0.25) is 0 Å². The molecule has 0 aliphatic rings. The summed E-state index contributed by atoms with van der Waals surface area (Å²) in [5, 5.41) is 5.27. The molecule has 2 amide bonds. The molecule has 3 rings (SSSR count). The summed E-state index contributed by atoms with van der Waals surface area (Å²) in [7, 11) is 1.38. The topological polar surface area (TPSA) is 103 Å². The van der Waals surface area contributed by atoms with Gasteiger partial charge in [-0.25, -0.2) is 9.18 Å². The van der Waals surface area contributed by atoms with E-state index in [1.54, 1.807) is 0 Å². The van der Waals surface area contributed by atoms with Gasteiger partial charge in [0.05, 0.1) is 12.7 Å². The first kappa shape index (κ1) is 25.2. The zero-order valence-electron chi connectivity index (χ0n) is 19.1. The van der Waals surface area contributed by atoms with Crippen molar-refractivity contribution in [2.45, 2.75) is 6.42 Å². The van der Waals surface area contributed by atoms with E-state index in [9.17, 15) is 18.8 Å². The molecule has 0 aliphatic heterocycles. The van der Waals surface area contributed by atoms with Crippen molar-refractivity contribution in [3.05, 3.63) is 89.7 Å². The predicted molar refractivity (Wildman–Crippen MR) is 127 cm³/mol. The second-order valence-electron chi connectivity index (χ2n) is 7.37. The number of anilines is 1. The van der Waals surface area contributed by atoms with Gasteiger partial charge in [0.1, 0.15) is 5.82 Å². The lowest BCUT2D eigenvalue weighted by Gasteiger charge is -2.12. The molecular weight excluding hydrogens is 455 g/mol. The monoisotopic (exact) mass is 480 g/mol. The maximum atomic E-state index is 13.0. The lowest BCUT2D eigenvalue weighted by Crippen LogP contribution is -2.30. The molecule has 0 heterocycles. The Kier molecular flexibility index (Phi) is 9.18. The molecule has 3 aromatic carbocycles. The Morgan fingerprint density at radius 1 is 0.857 bits per heavy atom. The highest BCUT2D eigenvalue weighted by atomic mass is 19.1. The summed E-state index contributed by atoms with van der Waals surface area (Å²) in [5.41, 5.74) is 1.67. The number of rotatable bonds is 11. The van der Waals surface area contributed by atoms with Crippen LogP contribution < -0.4 is 20.1 Å². The number of hydrogen-bond acceptors (Lipinski definition) is 6. The Bertz CT molecular complexity index is 1150. The molecule has 182 valence electrons. The minimum absolute atomic E-state index is 0.155. The summed E-state index contributed by atoms with van der Waals surface area (Å²) in [6.45, 7) is -0.326. The molecule has 0 saturated carbocycles. The van der Waals surface area contributed by atoms with E-state index in [4.69, 9.17) is 14.2 Å². The third-order valence-electron chi connectivity index (χ3n) is 4.80. The Balaban J connectivity index is 1.45. The van der Waals surface area contributed by atoms with Gasteiger partial charge < -0.3 is 24.8 Å². The van der Waals surface area contributed by atoms with Gasteiger partial charge in [-0.05, 0) is 54.4 Å². The number of methoxy groups -OCH3 is 1. The van der Waals surface area contributed by atoms with Crippen LogP contribution in [0.5, 0.6) is 11.5 Å². The van der Waals surface area contributed by atoms with Gasteiger partial charge in [0, 0.05) is 12.2 Å². The van der Waals surface area contributed by atoms with Crippen molar-refractivity contribution in [2.75, 3.05) is 32.2 Å². The molecule has 2 N–H and O–H groups in total. The summed E-state index contributed by atoms with van der Waals surface area (Å²) in [6.07, 6.45) is 0.668. The highest BCUT2D eigenvalue weighted by Crippen LogP contribution is 2.28. The van der Waals surface area contributed by atoms with Crippen LogP contribution in [0.1, 0.15) is 15.9 Å². The fourth-order valence-electron chi connectivity index (χ4n) is 3.04. The molecule has 0 atom stereocenters. The molecule has 35 heavy (non-hydrogen) atoms. The van der Waals surface area contributed by atoms with Crippen LogP contribution in [-0.2, 0) is 20.7 Å². The molecule has 0 bridgehead atoms. The van der Waals surface area contributed by atoms with E-state index < -0.39 is 30.2 Å². The maximum Gasteiger partial charge on any atom is 0.338 e. The van der Waals surface area contributed by atoms with Crippen molar-refractivity contribution in [3.8, 4) is 11.5 Å². The van der Waals surface area contributed by atoms with E-state index in [0.29, 0.717) is 18.7 Å². The summed E-state index contributed by atoms with van der Waals surface area (Å²) in [4.78, 5) is 36.3. The normalized spacial score (nSPS) is 10.2. The van der Waals surface area contributed by atoms with Gasteiger partial charge in [-0.15, -0.1) is 0 Å². The van der Waals surface area contributed by atoms with E-state index in [2.05, 4.69) is 10.6 Å². The van der Waals surface area contributed by atoms with Gasteiger partial charge >= 0.3 is 5.97 Å². The van der Waals surface area contributed by atoms with Crippen LogP contribution in [0.4, 0.5) is 10.1 Å². The number of esters is 1. The van der Waals surface area contributed by atoms with Gasteiger partial charge in [0.15, 0.2) is 24.7 Å². The van der Waals surface area contributed by atoms with Crippen LogP contribution >= 0.6 is 0 Å². The zero-order chi connectivity index (χ0) is 25.0. The number of carbonyl (C=O) groups is 3. The smallest absolute Gasteiger partial charge is 0.338 e. The third-order valence-corrected chi connectivity index (χ3v) is 4.80. The van der Waals surface area contributed by atoms with Crippen molar-refractivity contribution < 1.29 is 33.0 Å². The molecule has 0 unspecified atom stereocenters. The van der Waals surface area contributed by atoms with Crippen LogP contribution in [0.15, 0.2) is 72.8 Å². The highest BCUT2D eigenvalue weighted by molar-refractivity contribution is 5.93. The summed E-state index contributed by atoms with van der Waals surface area (Å²) in [5.74, 6) is -1.54. The van der Waals surface area contributed by atoms with Crippen molar-refractivity contribution in [2.24, 2.45) is 0 Å². The van der Waals surface area contributed by atoms with Gasteiger partial charge in [-0.1, -0.05) is 30.3 Å². The second kappa shape index (κ2) is 12.7. The first-order valence-corrected chi connectivity index (χ1v) is 10.8. The van der Waals surface area contributed by atoms with Crippen molar-refractivity contribution in [1.82, 2.24) is 5.32 Å². The van der Waals surface area contributed by atoms with Crippen molar-refractivity contribution in [1.29, 1.82) is 0 Å². The minimum Gasteiger partial charge on any atom is -0.493 e. The maximum absolute atomic E-state index is 13.0. The van der Waals surface area contributed by atoms with Gasteiger partial charge in [0.25, 0.3) is 11.8 Å². The standard InChI is InChI=1S/C26H25FN2O6/c1-33-23-15-19(26(32)35-16-24(30)28-14-13-18-5-3-2-4-6-18)7-12-22(23)34-17-25(31)29-21-10-8-20(27)9-11-21/h2-12,15H,13-14,16-17H2,1H3,(H,28,30)(H,29,31). The van der Waals surface area contributed by atoms with Crippen LogP contribution in [0, 0.1) is 5.82 Å². The molecular formula is C26H25FN2O6. The molecule has 0 aliphatic carbocycles. The average Bonchev–Trinajstić information content (AvgIpc) is 2.88. The number of halogens is 1. The zero-order valence-corrected chi connectivity index (χ0v) is 19.1. The van der Waals surface area contributed by atoms with Crippen LogP contribution in [-0.4, -0.2) is 44.7 Å². The predicted octanol–water partition coefficient (Wildman–Crippen LogP) is 3.37. The van der Waals surface area contributed by atoms with E-state index in [1.165, 1.54) is 49.6 Å². The molecule has 3 aromatic rings. The molecule has 0 fully saturated rings. The van der Waals surface area contributed by atoms with E-state index in [1.807, 2.05) is 30.3 Å². The molecule has 0 spiro atoms. The first-order chi connectivity index (χ1) is 16.9. The number of carbonyl (C=O) groups excluding carboxylic acids is 3. The van der Waals surface area contributed by atoms with Gasteiger partial charge in [-0.3, -0.25) is 9.59 Å². The van der Waals surface area contributed by atoms with E-state index >= 15 is 0 Å². The number of benzene rings is 3. The lowest BCUT2D eigenvalue weighted by molar-refractivity contribution is -0.124. The Hall–Kier alpha value is -4.40. The van der Waals surface area contributed by atoms with Crippen LogP contribution in [0.3, 0.4) is 0 Å². The first-order valence-electron chi connectivity index (χ1n) is 10.8. The summed E-state index contributed by atoms with van der Waals surface area (Å²) < 4.78 is 28.7. The van der Waals surface area contributed by atoms with Crippen LogP contribution in [0.25, 0.3) is 0 Å². The third kappa shape index (κ3) is 8.15. The molecule has 0 radical (unpaired) electrons. The number of amides is 2. The van der Waals surface area contributed by atoms with Crippen molar-refractivity contribution in [3.63, 3.8) is 0 Å². The minimum atomic E-state index is -0.706. The quantitative estimate of drug-likeness (QED) is 0.408. The lowest BCUT2D eigenvalue weighted by atomic mass is 10.1. The van der Waals surface area contributed by atoms with Gasteiger partial charge in [0.2, 0.25) is 0 Å². The van der Waals surface area contributed by atoms with Gasteiger partial charge in [-0.2, -0.15) is 0 Å². The Morgan fingerprint density at radius 3 is 2.31 bits per heavy atom. The summed E-state index contributed by atoms with van der Waals surface area (Å²) in [6, 6.07) is 19.3. The number of hydrogen-bond donors (Lipinski definition) is 2. The largest absolute Gasteiger partial charge is 0.493 e. The fourth-order valence-corrected chi connectivity index (χ4v) is 3.04. The van der Waals surface area contributed by atoms with E-state index in [0.717, 1.165) is 5.56 Å². The number of nitrogens with one attached hydrogen (secondary N) is 2. The SMILES string of the molecule is COc1cc(C(=O)OCC(=O)NCCc2ccccc2)ccc1OCC(=O)Nc1ccc(F)cc1. The van der Waals surface area contributed by atoms with E-state index in [-0.39, 0.29) is 23.7 Å². The molecule has 0 aromatic heterocycles.